The predicted molar refractivity (Wildman–Crippen MR) is 125 cm³/mol. The standard InChI is InChI=1S/C23H25FN8O3/c1-14(2)30-19-8-20(32-21-16(11-29-32)7-15(9-25)10-27-21)26-12-17(19)22(33)28-13-18(24)23(34)31-3-5-35-6-4-31/h7-8,10-12,14,18H,3-6,13H2,1-2H3,(H,26,30)(H,28,33). The average Bonchev–Trinajstić information content (AvgIpc) is 3.30. The number of aromatic nitrogens is 4. The summed E-state index contributed by atoms with van der Waals surface area (Å²) >= 11 is 0. The molecule has 2 N–H and O–H groups in total. The van der Waals surface area contributed by atoms with Gasteiger partial charge in [0.15, 0.2) is 17.6 Å². The minimum absolute atomic E-state index is 0.0145. The van der Waals surface area contributed by atoms with Crippen LogP contribution in [0.15, 0.2) is 30.7 Å². The second kappa shape index (κ2) is 10.4. The summed E-state index contributed by atoms with van der Waals surface area (Å²) in [6, 6.07) is 5.34. The molecule has 0 saturated carbocycles. The quantitative estimate of drug-likeness (QED) is 0.518. The molecule has 0 spiro atoms. The van der Waals surface area contributed by atoms with Crippen molar-refractivity contribution in [1.82, 2.24) is 30.0 Å². The van der Waals surface area contributed by atoms with Crippen LogP contribution in [-0.4, -0.2) is 81.5 Å². The van der Waals surface area contributed by atoms with Gasteiger partial charge in [0.05, 0.1) is 42.8 Å². The minimum atomic E-state index is -1.86. The number of fused-ring (bicyclic) bond motifs is 1. The molecule has 1 fully saturated rings. The van der Waals surface area contributed by atoms with Crippen LogP contribution >= 0.6 is 0 Å². The van der Waals surface area contributed by atoms with Gasteiger partial charge in [0.25, 0.3) is 11.8 Å². The molecule has 3 aromatic heterocycles. The molecule has 4 heterocycles. The van der Waals surface area contributed by atoms with E-state index < -0.39 is 24.5 Å². The average molecular weight is 481 g/mol. The number of amides is 2. The first-order chi connectivity index (χ1) is 16.9. The topological polar surface area (TPSA) is 138 Å². The van der Waals surface area contributed by atoms with Gasteiger partial charge in [-0.2, -0.15) is 15.0 Å². The lowest BCUT2D eigenvalue weighted by Gasteiger charge is -2.28. The van der Waals surface area contributed by atoms with Crippen molar-refractivity contribution in [2.45, 2.75) is 26.1 Å². The summed E-state index contributed by atoms with van der Waals surface area (Å²) in [5.74, 6) is -0.824. The van der Waals surface area contributed by atoms with E-state index in [-0.39, 0.29) is 11.6 Å². The van der Waals surface area contributed by atoms with Crippen LogP contribution in [0.4, 0.5) is 10.1 Å². The van der Waals surface area contributed by atoms with E-state index in [0.29, 0.717) is 54.4 Å². The van der Waals surface area contributed by atoms with Gasteiger partial charge in [-0.15, -0.1) is 0 Å². The van der Waals surface area contributed by atoms with Crippen LogP contribution in [0.2, 0.25) is 0 Å². The first-order valence-corrected chi connectivity index (χ1v) is 11.2. The SMILES string of the molecule is CC(C)Nc1cc(-n2ncc3cc(C#N)cnc32)ncc1C(=O)NCC(F)C(=O)N1CCOCC1. The highest BCUT2D eigenvalue weighted by Gasteiger charge is 2.26. The molecule has 4 rings (SSSR count). The van der Waals surface area contributed by atoms with E-state index in [1.165, 1.54) is 22.0 Å². The first kappa shape index (κ1) is 24.0. The van der Waals surface area contributed by atoms with Crippen molar-refractivity contribution in [3.8, 4) is 11.9 Å². The Hall–Kier alpha value is -4.11. The number of carbonyl (C=O) groups is 2. The van der Waals surface area contributed by atoms with E-state index in [9.17, 15) is 14.0 Å². The zero-order valence-corrected chi connectivity index (χ0v) is 19.4. The van der Waals surface area contributed by atoms with E-state index in [1.807, 2.05) is 19.9 Å². The molecule has 0 aromatic carbocycles. The Morgan fingerprint density at radius 1 is 1.20 bits per heavy atom. The number of carbonyl (C=O) groups excluding carboxylic acids is 2. The van der Waals surface area contributed by atoms with Gasteiger partial charge in [-0.3, -0.25) is 9.59 Å². The maximum Gasteiger partial charge on any atom is 0.259 e. The number of halogens is 1. The van der Waals surface area contributed by atoms with Gasteiger partial charge in [-0.05, 0) is 19.9 Å². The third kappa shape index (κ3) is 5.36. The van der Waals surface area contributed by atoms with E-state index in [4.69, 9.17) is 10.00 Å². The number of hydrogen-bond donors (Lipinski definition) is 2. The molecule has 12 heteroatoms. The Kier molecular flexibility index (Phi) is 7.17. The summed E-state index contributed by atoms with van der Waals surface area (Å²) in [6.07, 6.45) is 2.53. The number of hydrogen-bond acceptors (Lipinski definition) is 8. The first-order valence-electron chi connectivity index (χ1n) is 11.2. The highest BCUT2D eigenvalue weighted by atomic mass is 19.1. The number of ether oxygens (including phenoxy) is 1. The van der Waals surface area contributed by atoms with Crippen molar-refractivity contribution in [2.24, 2.45) is 0 Å². The molecule has 0 radical (unpaired) electrons. The molecule has 1 aliphatic rings. The zero-order chi connectivity index (χ0) is 24.9. The van der Waals surface area contributed by atoms with Gasteiger partial charge in [0.2, 0.25) is 0 Å². The van der Waals surface area contributed by atoms with Crippen molar-refractivity contribution >= 4 is 28.5 Å². The number of nitrogens with zero attached hydrogens (tertiary/aromatic N) is 6. The van der Waals surface area contributed by atoms with Gasteiger partial charge in [0.1, 0.15) is 6.07 Å². The highest BCUT2D eigenvalue weighted by molar-refractivity contribution is 6.00. The molecular formula is C23H25FN8O3. The van der Waals surface area contributed by atoms with Crippen molar-refractivity contribution in [2.75, 3.05) is 38.2 Å². The van der Waals surface area contributed by atoms with Crippen molar-refractivity contribution in [1.29, 1.82) is 5.26 Å². The maximum atomic E-state index is 14.5. The van der Waals surface area contributed by atoms with Gasteiger partial charge in [-0.1, -0.05) is 0 Å². The van der Waals surface area contributed by atoms with E-state index in [2.05, 4.69) is 25.7 Å². The number of nitriles is 1. The summed E-state index contributed by atoms with van der Waals surface area (Å²) in [5, 5.41) is 19.7. The second-order valence-corrected chi connectivity index (χ2v) is 8.31. The van der Waals surface area contributed by atoms with Gasteiger partial charge >= 0.3 is 0 Å². The lowest BCUT2D eigenvalue weighted by molar-refractivity contribution is -0.140. The normalized spacial score (nSPS) is 14.5. The van der Waals surface area contributed by atoms with Crippen LogP contribution < -0.4 is 10.6 Å². The molecule has 3 aromatic rings. The largest absolute Gasteiger partial charge is 0.382 e. The van der Waals surface area contributed by atoms with Crippen LogP contribution in [-0.2, 0) is 9.53 Å². The van der Waals surface area contributed by atoms with Gasteiger partial charge in [-0.25, -0.2) is 14.4 Å². The Labute approximate surface area is 200 Å². The third-order valence-electron chi connectivity index (χ3n) is 5.37. The molecular weight excluding hydrogens is 455 g/mol. The Morgan fingerprint density at radius 2 is 1.97 bits per heavy atom. The summed E-state index contributed by atoms with van der Waals surface area (Å²) in [4.78, 5) is 35.2. The predicted octanol–water partition coefficient (Wildman–Crippen LogP) is 1.43. The lowest BCUT2D eigenvalue weighted by atomic mass is 10.2. The number of pyridine rings is 2. The number of anilines is 1. The zero-order valence-electron chi connectivity index (χ0n) is 19.4. The fraction of sp³-hybridized carbons (Fsp3) is 0.391. The second-order valence-electron chi connectivity index (χ2n) is 8.31. The molecule has 1 atom stereocenters. The van der Waals surface area contributed by atoms with Gasteiger partial charge < -0.3 is 20.3 Å². The molecule has 11 nitrogen and oxygen atoms in total. The van der Waals surface area contributed by atoms with Crippen LogP contribution in [0, 0.1) is 11.3 Å². The molecule has 2 amide bonds. The number of nitrogens with one attached hydrogen (secondary N) is 2. The summed E-state index contributed by atoms with van der Waals surface area (Å²) in [7, 11) is 0. The molecule has 0 bridgehead atoms. The van der Waals surface area contributed by atoms with Crippen molar-refractivity contribution in [3.05, 3.63) is 41.9 Å². The van der Waals surface area contributed by atoms with Crippen LogP contribution in [0.1, 0.15) is 29.8 Å². The maximum absolute atomic E-state index is 14.5. The Bertz CT molecular complexity index is 1280. The monoisotopic (exact) mass is 480 g/mol. The Morgan fingerprint density at radius 3 is 2.69 bits per heavy atom. The van der Waals surface area contributed by atoms with Gasteiger partial charge in [0, 0.05) is 43.0 Å². The molecule has 35 heavy (non-hydrogen) atoms. The minimum Gasteiger partial charge on any atom is -0.382 e. The number of rotatable bonds is 7. The van der Waals surface area contributed by atoms with Crippen LogP contribution in [0.25, 0.3) is 16.9 Å². The third-order valence-corrected chi connectivity index (χ3v) is 5.37. The van der Waals surface area contributed by atoms with Crippen molar-refractivity contribution < 1.29 is 18.7 Å². The Balaban J connectivity index is 1.53. The molecule has 1 aliphatic heterocycles. The van der Waals surface area contributed by atoms with Crippen LogP contribution in [0.5, 0.6) is 0 Å². The number of morpholine rings is 1. The number of alkyl halides is 1. The highest BCUT2D eigenvalue weighted by Crippen LogP contribution is 2.22. The summed E-state index contributed by atoms with van der Waals surface area (Å²) in [6.45, 7) is 4.77. The molecule has 0 aliphatic carbocycles. The smallest absolute Gasteiger partial charge is 0.259 e. The van der Waals surface area contributed by atoms with E-state index in [1.54, 1.807) is 18.3 Å². The fourth-order valence-electron chi connectivity index (χ4n) is 3.67. The molecule has 1 saturated heterocycles. The fourth-order valence-corrected chi connectivity index (χ4v) is 3.67. The summed E-state index contributed by atoms with van der Waals surface area (Å²) < 4.78 is 21.2. The molecule has 182 valence electrons. The summed E-state index contributed by atoms with van der Waals surface area (Å²) in [5.41, 5.74) is 1.59. The lowest BCUT2D eigenvalue weighted by Crippen LogP contribution is -2.47. The van der Waals surface area contributed by atoms with Crippen molar-refractivity contribution in [3.63, 3.8) is 0 Å². The van der Waals surface area contributed by atoms with E-state index in [0.717, 1.165) is 0 Å². The van der Waals surface area contributed by atoms with E-state index >= 15 is 0 Å². The van der Waals surface area contributed by atoms with Crippen LogP contribution in [0.3, 0.4) is 0 Å². The molecule has 1 unspecified atom stereocenters.